The van der Waals surface area contributed by atoms with Gasteiger partial charge in [0.1, 0.15) is 0 Å². The number of unbranched alkanes of at least 4 members (excludes halogenated alkanes) is 1. The molecule has 3 aromatic carbocycles. The normalized spacial score (nSPS) is 15.9. The van der Waals surface area contributed by atoms with Crippen molar-refractivity contribution >= 4 is 56.0 Å². The van der Waals surface area contributed by atoms with E-state index in [0.29, 0.717) is 11.4 Å². The van der Waals surface area contributed by atoms with Crippen molar-refractivity contribution in [3.05, 3.63) is 88.3 Å². The lowest BCUT2D eigenvalue weighted by Crippen LogP contribution is -2.46. The molecule has 190 valence electrons. The molecule has 2 aliphatic rings. The molecule has 6 heteroatoms. The summed E-state index contributed by atoms with van der Waals surface area (Å²) in [6.45, 7) is 5.29. The van der Waals surface area contributed by atoms with E-state index in [1.54, 1.807) is 0 Å². The molecule has 0 bridgehead atoms. The van der Waals surface area contributed by atoms with Crippen molar-refractivity contribution in [2.24, 2.45) is 0 Å². The Bertz CT molecular complexity index is 1410. The molecule has 4 aromatic rings. The molecule has 37 heavy (non-hydrogen) atoms. The van der Waals surface area contributed by atoms with Gasteiger partial charge in [-0.15, -0.1) is 11.3 Å². The number of anilines is 3. The molecule has 4 nitrogen and oxygen atoms in total. The molecule has 0 spiro atoms. The fourth-order valence-corrected chi connectivity index (χ4v) is 6.73. The van der Waals surface area contributed by atoms with Gasteiger partial charge in [-0.25, -0.2) is 0 Å². The minimum Gasteiger partial charge on any atom is -0.368 e. The summed E-state index contributed by atoms with van der Waals surface area (Å²) in [5, 5.41) is 4.23. The zero-order valence-electron chi connectivity index (χ0n) is 21.0. The van der Waals surface area contributed by atoms with Gasteiger partial charge in [0.25, 0.3) is 0 Å². The fourth-order valence-electron chi connectivity index (χ4n) is 5.75. The summed E-state index contributed by atoms with van der Waals surface area (Å²) in [4.78, 5) is 20.6. The van der Waals surface area contributed by atoms with E-state index in [2.05, 4.69) is 63.7 Å². The molecule has 0 radical (unpaired) electrons. The molecular formula is C31H32ClN3OS. The highest BCUT2D eigenvalue weighted by Gasteiger charge is 2.26. The number of carbonyl (C=O) groups excluding carboxylic acids is 1. The minimum absolute atomic E-state index is 0.159. The van der Waals surface area contributed by atoms with Crippen molar-refractivity contribution in [1.29, 1.82) is 0 Å². The molecule has 0 aliphatic carbocycles. The van der Waals surface area contributed by atoms with Gasteiger partial charge >= 0.3 is 0 Å². The van der Waals surface area contributed by atoms with Crippen LogP contribution in [0.5, 0.6) is 0 Å². The third-order valence-electron chi connectivity index (χ3n) is 7.73. The van der Waals surface area contributed by atoms with Gasteiger partial charge in [0.2, 0.25) is 5.91 Å². The Hall–Kier alpha value is -2.86. The Labute approximate surface area is 228 Å². The van der Waals surface area contributed by atoms with E-state index in [1.807, 2.05) is 34.4 Å². The Morgan fingerprint density at radius 1 is 0.811 bits per heavy atom. The first-order valence-corrected chi connectivity index (χ1v) is 14.6. The van der Waals surface area contributed by atoms with Crippen LogP contribution in [-0.4, -0.2) is 43.5 Å². The third-order valence-corrected chi connectivity index (χ3v) is 8.85. The number of para-hydroxylation sites is 1. The molecular weight excluding hydrogens is 498 g/mol. The monoisotopic (exact) mass is 529 g/mol. The number of aryl methyl sites for hydroxylation is 2. The van der Waals surface area contributed by atoms with E-state index in [0.717, 1.165) is 69.8 Å². The van der Waals surface area contributed by atoms with Crippen molar-refractivity contribution in [2.75, 3.05) is 42.5 Å². The number of piperazine rings is 1. The first-order valence-electron chi connectivity index (χ1n) is 13.3. The fraction of sp³-hybridized carbons (Fsp3) is 0.323. The highest BCUT2D eigenvalue weighted by Crippen LogP contribution is 2.38. The van der Waals surface area contributed by atoms with E-state index in [1.165, 1.54) is 26.9 Å². The highest BCUT2D eigenvalue weighted by atomic mass is 35.5. The van der Waals surface area contributed by atoms with E-state index < -0.39 is 0 Å². The van der Waals surface area contributed by atoms with Crippen LogP contribution in [0.1, 0.15) is 30.4 Å². The maximum Gasteiger partial charge on any atom is 0.231 e. The molecule has 6 rings (SSSR count). The summed E-state index contributed by atoms with van der Waals surface area (Å²) < 4.78 is 1.36. The van der Waals surface area contributed by atoms with Gasteiger partial charge < -0.3 is 4.90 Å². The average molecular weight is 530 g/mol. The lowest BCUT2D eigenvalue weighted by Gasteiger charge is -2.36. The summed E-state index contributed by atoms with van der Waals surface area (Å²) >= 11 is 8.18. The number of thiophene rings is 1. The first-order chi connectivity index (χ1) is 18.2. The van der Waals surface area contributed by atoms with E-state index in [4.69, 9.17) is 11.6 Å². The van der Waals surface area contributed by atoms with Gasteiger partial charge in [0.05, 0.1) is 11.4 Å². The Morgan fingerprint density at radius 3 is 2.46 bits per heavy atom. The van der Waals surface area contributed by atoms with Crippen molar-refractivity contribution in [2.45, 2.75) is 32.1 Å². The van der Waals surface area contributed by atoms with Gasteiger partial charge in [-0.1, -0.05) is 41.9 Å². The number of amides is 1. The standard InChI is InChI=1S/C31H32ClN3OS/c32-25-14-13-24-12-11-23-6-1-2-7-27(23)35(29(24)22-25)31(36)10-3-4-16-33-17-19-34(20-18-33)28-8-5-9-30-26(28)15-21-37-30/h1-2,5-9,13-15,21-22H,3-4,10-12,16-20H2. The Balaban J connectivity index is 1.05. The number of benzene rings is 3. The van der Waals surface area contributed by atoms with Crippen molar-refractivity contribution < 1.29 is 4.79 Å². The number of hydrogen-bond donors (Lipinski definition) is 0. The quantitative estimate of drug-likeness (QED) is 0.245. The summed E-state index contributed by atoms with van der Waals surface area (Å²) in [5.74, 6) is 0.159. The molecule has 1 amide bonds. The summed E-state index contributed by atoms with van der Waals surface area (Å²) in [5.41, 5.74) is 5.72. The molecule has 1 fully saturated rings. The van der Waals surface area contributed by atoms with E-state index in [-0.39, 0.29) is 5.91 Å². The molecule has 1 aromatic heterocycles. The third kappa shape index (κ3) is 5.13. The zero-order valence-corrected chi connectivity index (χ0v) is 22.6. The van der Waals surface area contributed by atoms with Crippen LogP contribution < -0.4 is 9.80 Å². The SMILES string of the molecule is O=C(CCCCN1CCN(c2cccc3sccc23)CC1)N1c2ccccc2CCc2ccc(Cl)cc21. The van der Waals surface area contributed by atoms with Crippen LogP contribution in [0.2, 0.25) is 5.02 Å². The average Bonchev–Trinajstić information content (AvgIpc) is 3.35. The number of halogens is 1. The summed E-state index contributed by atoms with van der Waals surface area (Å²) in [7, 11) is 0. The van der Waals surface area contributed by atoms with Crippen molar-refractivity contribution in [3.63, 3.8) is 0 Å². The Morgan fingerprint density at radius 2 is 1.59 bits per heavy atom. The second-order valence-corrected chi connectivity index (χ2v) is 11.4. The van der Waals surface area contributed by atoms with Crippen molar-refractivity contribution in [3.8, 4) is 0 Å². The lowest BCUT2D eigenvalue weighted by molar-refractivity contribution is -0.118. The smallest absolute Gasteiger partial charge is 0.231 e. The predicted octanol–water partition coefficient (Wildman–Crippen LogP) is 7.31. The van der Waals surface area contributed by atoms with Crippen LogP contribution in [0.3, 0.4) is 0 Å². The highest BCUT2D eigenvalue weighted by molar-refractivity contribution is 7.17. The first kappa shape index (κ1) is 24.5. The van der Waals surface area contributed by atoms with Gasteiger partial charge in [0.15, 0.2) is 0 Å². The largest absolute Gasteiger partial charge is 0.368 e. The van der Waals surface area contributed by atoms with E-state index in [9.17, 15) is 4.79 Å². The number of nitrogens with zero attached hydrogens (tertiary/aromatic N) is 3. The molecule has 0 atom stereocenters. The maximum atomic E-state index is 13.6. The molecule has 3 heterocycles. The van der Waals surface area contributed by atoms with Crippen molar-refractivity contribution in [1.82, 2.24) is 4.90 Å². The second-order valence-electron chi connectivity index (χ2n) is 10.0. The van der Waals surface area contributed by atoms with Crippen LogP contribution in [0, 0.1) is 0 Å². The molecule has 0 unspecified atom stereocenters. The van der Waals surface area contributed by atoms with Crippen LogP contribution in [0.25, 0.3) is 10.1 Å². The van der Waals surface area contributed by atoms with Gasteiger partial charge in [0, 0.05) is 53.4 Å². The van der Waals surface area contributed by atoms with Crippen LogP contribution in [0.15, 0.2) is 72.1 Å². The lowest BCUT2D eigenvalue weighted by atomic mass is 10.0. The zero-order chi connectivity index (χ0) is 25.2. The Kier molecular flexibility index (Phi) is 7.18. The van der Waals surface area contributed by atoms with Gasteiger partial charge in [-0.05, 0) is 85.1 Å². The maximum absolute atomic E-state index is 13.6. The van der Waals surface area contributed by atoms with Gasteiger partial charge in [-0.3, -0.25) is 14.6 Å². The summed E-state index contributed by atoms with van der Waals surface area (Å²) in [6.07, 6.45) is 4.31. The molecule has 0 N–H and O–H groups in total. The van der Waals surface area contributed by atoms with Crippen LogP contribution >= 0.6 is 22.9 Å². The number of hydrogen-bond acceptors (Lipinski definition) is 4. The number of fused-ring (bicyclic) bond motifs is 3. The number of rotatable bonds is 6. The molecule has 1 saturated heterocycles. The molecule has 2 aliphatic heterocycles. The minimum atomic E-state index is 0.159. The molecule has 0 saturated carbocycles. The van der Waals surface area contributed by atoms with Gasteiger partial charge in [-0.2, -0.15) is 0 Å². The topological polar surface area (TPSA) is 26.8 Å². The second kappa shape index (κ2) is 10.9. The number of carbonyl (C=O) groups is 1. The van der Waals surface area contributed by atoms with Crippen LogP contribution in [-0.2, 0) is 17.6 Å². The van der Waals surface area contributed by atoms with E-state index >= 15 is 0 Å². The van der Waals surface area contributed by atoms with Crippen LogP contribution in [0.4, 0.5) is 17.1 Å². The predicted molar refractivity (Wildman–Crippen MR) is 157 cm³/mol. The summed E-state index contributed by atoms with van der Waals surface area (Å²) in [6, 6.07) is 23.1.